The van der Waals surface area contributed by atoms with Crippen LogP contribution in [0, 0.1) is 17.5 Å². The van der Waals surface area contributed by atoms with Gasteiger partial charge >= 0.3 is 0 Å². The van der Waals surface area contributed by atoms with Crippen LogP contribution in [-0.2, 0) is 26.5 Å². The van der Waals surface area contributed by atoms with Gasteiger partial charge in [0.25, 0.3) is 0 Å². The Morgan fingerprint density at radius 2 is 1.95 bits per heavy atom. The number of nitrogens with one attached hydrogen (secondary N) is 2. The number of amides is 1. The first-order chi connectivity index (χ1) is 17.4. The van der Waals surface area contributed by atoms with Crippen LogP contribution >= 0.6 is 0 Å². The summed E-state index contributed by atoms with van der Waals surface area (Å²) in [6.45, 7) is 9.29. The van der Waals surface area contributed by atoms with Crippen LogP contribution in [-0.4, -0.2) is 30.6 Å². The first-order valence-electron chi connectivity index (χ1n) is 11.8. The number of nitrogens with zero attached hydrogens (tertiary/aromatic N) is 3. The summed E-state index contributed by atoms with van der Waals surface area (Å²) in [6, 6.07) is 9.76. The van der Waals surface area contributed by atoms with E-state index in [0.29, 0.717) is 27.2 Å². The van der Waals surface area contributed by atoms with E-state index in [9.17, 15) is 9.00 Å². The van der Waals surface area contributed by atoms with Gasteiger partial charge < -0.3 is 10.1 Å². The molecule has 37 heavy (non-hydrogen) atoms. The third-order valence-electron chi connectivity index (χ3n) is 6.00. The number of ether oxygens (including phenoxy) is 1. The first-order valence-corrected chi connectivity index (χ1v) is 13.6. The van der Waals surface area contributed by atoms with Crippen LogP contribution in [0.4, 0.5) is 10.1 Å². The fourth-order valence-corrected chi connectivity index (χ4v) is 4.71. The molecule has 0 aliphatic rings. The zero-order chi connectivity index (χ0) is 27.0. The van der Waals surface area contributed by atoms with Gasteiger partial charge in [-0.05, 0) is 63.6 Å². The van der Waals surface area contributed by atoms with E-state index in [4.69, 9.17) is 9.52 Å². The monoisotopic (exact) mass is 523 g/mol. The van der Waals surface area contributed by atoms with E-state index >= 15 is 4.39 Å². The van der Waals surface area contributed by atoms with Crippen LogP contribution in [0.2, 0.25) is 0 Å². The third-order valence-corrected chi connectivity index (χ3v) is 7.83. The summed E-state index contributed by atoms with van der Waals surface area (Å²) in [5, 5.41) is 7.59. The standard InChI is InChI=1S/C27H30FN5O3S/c1-6-37(29,35)20-8-9-22-21(14-20)24(11-12-30-22)36-23-10-7-18(26(28)17(23)2)13-25(34)32-19-15-31-33(16-19)27(3,4)5/h7-12,14-16,29H,6,13H2,1-5H3,(H,32,34). The van der Waals surface area contributed by atoms with Crippen molar-refractivity contribution in [2.75, 3.05) is 11.1 Å². The van der Waals surface area contributed by atoms with E-state index in [0.717, 1.165) is 0 Å². The van der Waals surface area contributed by atoms with E-state index in [1.54, 1.807) is 67.5 Å². The topological polar surface area (TPSA) is 110 Å². The summed E-state index contributed by atoms with van der Waals surface area (Å²) in [5.74, 6) is -0.0110. The second-order valence-electron chi connectivity index (χ2n) is 9.79. The lowest BCUT2D eigenvalue weighted by Gasteiger charge is -2.18. The molecule has 194 valence electrons. The van der Waals surface area contributed by atoms with Crippen molar-refractivity contribution in [1.29, 1.82) is 4.78 Å². The van der Waals surface area contributed by atoms with Crippen molar-refractivity contribution in [3.63, 3.8) is 0 Å². The summed E-state index contributed by atoms with van der Waals surface area (Å²) >= 11 is 0. The SMILES string of the molecule is CCS(=N)(=O)c1ccc2nccc(Oc3ccc(CC(=O)Nc4cnn(C(C)(C)C)c4)c(F)c3C)c2c1. The number of hydrogen-bond donors (Lipinski definition) is 2. The van der Waals surface area contributed by atoms with E-state index in [1.807, 2.05) is 20.8 Å². The lowest BCUT2D eigenvalue weighted by molar-refractivity contribution is -0.115. The maximum atomic E-state index is 15.3. The Morgan fingerprint density at radius 1 is 1.19 bits per heavy atom. The van der Waals surface area contributed by atoms with Crippen LogP contribution in [0.5, 0.6) is 11.5 Å². The Hall–Kier alpha value is -3.79. The molecule has 0 bridgehead atoms. The van der Waals surface area contributed by atoms with Gasteiger partial charge in [-0.15, -0.1) is 0 Å². The summed E-state index contributed by atoms with van der Waals surface area (Å²) in [4.78, 5) is 17.3. The molecule has 2 N–H and O–H groups in total. The van der Waals surface area contributed by atoms with Crippen LogP contribution in [0.25, 0.3) is 10.9 Å². The Morgan fingerprint density at radius 3 is 2.62 bits per heavy atom. The average molecular weight is 524 g/mol. The maximum absolute atomic E-state index is 15.3. The number of carbonyl (C=O) groups is 1. The second-order valence-corrected chi connectivity index (χ2v) is 12.2. The normalized spacial score (nSPS) is 13.4. The second kappa shape index (κ2) is 9.93. The van der Waals surface area contributed by atoms with Gasteiger partial charge in [-0.2, -0.15) is 5.10 Å². The van der Waals surface area contributed by atoms with Gasteiger partial charge in [0.05, 0.1) is 39.1 Å². The van der Waals surface area contributed by atoms with Crippen molar-refractivity contribution < 1.29 is 18.1 Å². The molecule has 0 radical (unpaired) electrons. The number of rotatable bonds is 7. The number of benzene rings is 2. The van der Waals surface area contributed by atoms with Crippen molar-refractivity contribution in [3.8, 4) is 11.5 Å². The number of halogens is 1. The number of fused-ring (bicyclic) bond motifs is 1. The molecule has 2 aromatic carbocycles. The molecule has 0 aliphatic carbocycles. The molecule has 0 saturated carbocycles. The number of carbonyl (C=O) groups excluding carboxylic acids is 1. The van der Waals surface area contributed by atoms with E-state index < -0.39 is 15.5 Å². The highest BCUT2D eigenvalue weighted by atomic mass is 32.2. The van der Waals surface area contributed by atoms with Crippen molar-refractivity contribution in [1.82, 2.24) is 14.8 Å². The van der Waals surface area contributed by atoms with Crippen LogP contribution in [0.15, 0.2) is 59.9 Å². The molecule has 0 aliphatic heterocycles. The summed E-state index contributed by atoms with van der Waals surface area (Å²) in [6.07, 6.45) is 4.72. The first kappa shape index (κ1) is 26.3. The zero-order valence-corrected chi connectivity index (χ0v) is 22.3. The van der Waals surface area contributed by atoms with E-state index in [-0.39, 0.29) is 40.5 Å². The molecular formula is C27H30FN5O3S. The molecule has 0 spiro atoms. The predicted octanol–water partition coefficient (Wildman–Crippen LogP) is 6.03. The smallest absolute Gasteiger partial charge is 0.228 e. The summed E-state index contributed by atoms with van der Waals surface area (Å²) in [7, 11) is -2.93. The van der Waals surface area contributed by atoms with Crippen LogP contribution < -0.4 is 10.1 Å². The molecular weight excluding hydrogens is 493 g/mol. The minimum atomic E-state index is -2.93. The predicted molar refractivity (Wildman–Crippen MR) is 142 cm³/mol. The van der Waals surface area contributed by atoms with Crippen molar-refractivity contribution >= 4 is 32.2 Å². The molecule has 1 unspecified atom stereocenters. The average Bonchev–Trinajstić information content (AvgIpc) is 3.32. The largest absolute Gasteiger partial charge is 0.456 e. The van der Waals surface area contributed by atoms with Gasteiger partial charge in [0, 0.05) is 34.0 Å². The maximum Gasteiger partial charge on any atom is 0.228 e. The van der Waals surface area contributed by atoms with Crippen molar-refractivity contribution in [2.45, 2.75) is 51.5 Å². The van der Waals surface area contributed by atoms with Crippen molar-refractivity contribution in [3.05, 3.63) is 71.9 Å². The fraction of sp³-hybridized carbons (Fsp3) is 0.296. The van der Waals surface area contributed by atoms with Gasteiger partial charge in [-0.3, -0.25) is 14.5 Å². The fourth-order valence-electron chi connectivity index (χ4n) is 3.78. The molecule has 4 rings (SSSR count). The molecule has 0 fully saturated rings. The molecule has 4 aromatic rings. The number of hydrogen-bond acceptors (Lipinski definition) is 6. The molecule has 1 amide bonds. The van der Waals surface area contributed by atoms with Gasteiger partial charge in [0.2, 0.25) is 5.91 Å². The number of anilines is 1. The van der Waals surface area contributed by atoms with Gasteiger partial charge in [-0.25, -0.2) is 13.4 Å². The molecule has 1 atom stereocenters. The highest BCUT2D eigenvalue weighted by Gasteiger charge is 2.18. The minimum Gasteiger partial charge on any atom is -0.456 e. The summed E-state index contributed by atoms with van der Waals surface area (Å²) < 4.78 is 43.7. The van der Waals surface area contributed by atoms with Gasteiger partial charge in [-0.1, -0.05) is 13.0 Å². The zero-order valence-electron chi connectivity index (χ0n) is 21.5. The highest BCUT2D eigenvalue weighted by Crippen LogP contribution is 2.34. The lowest BCUT2D eigenvalue weighted by Crippen LogP contribution is -2.22. The molecule has 2 aromatic heterocycles. The number of aromatic nitrogens is 3. The molecule has 2 heterocycles. The summed E-state index contributed by atoms with van der Waals surface area (Å²) in [5.41, 5.74) is 1.42. The highest BCUT2D eigenvalue weighted by molar-refractivity contribution is 7.92. The van der Waals surface area contributed by atoms with Crippen LogP contribution in [0.1, 0.15) is 38.8 Å². The molecule has 0 saturated heterocycles. The van der Waals surface area contributed by atoms with Crippen LogP contribution in [0.3, 0.4) is 0 Å². The van der Waals surface area contributed by atoms with Crippen molar-refractivity contribution in [2.24, 2.45) is 0 Å². The minimum absolute atomic E-state index is 0.149. The Kier molecular flexibility index (Phi) is 7.05. The quantitative estimate of drug-likeness (QED) is 0.307. The van der Waals surface area contributed by atoms with E-state index in [2.05, 4.69) is 15.4 Å². The Labute approximate surface area is 215 Å². The van der Waals surface area contributed by atoms with Gasteiger partial charge in [0.15, 0.2) is 0 Å². The third kappa shape index (κ3) is 5.64. The molecule has 10 heteroatoms. The molecule has 8 nitrogen and oxygen atoms in total. The Bertz CT molecular complexity index is 1590. The van der Waals surface area contributed by atoms with E-state index in [1.165, 1.54) is 6.07 Å². The Balaban J connectivity index is 1.56. The lowest BCUT2D eigenvalue weighted by atomic mass is 10.1. The van der Waals surface area contributed by atoms with Gasteiger partial charge in [0.1, 0.15) is 17.3 Å². The number of pyridine rings is 1.